The molecule has 0 aromatic rings. The molecule has 1 fully saturated rings. The van der Waals surface area contributed by atoms with Crippen molar-refractivity contribution in [1.29, 1.82) is 0 Å². The molecular weight excluding hydrogens is 128 g/mol. The van der Waals surface area contributed by atoms with Crippen LogP contribution in [-0.2, 0) is 9.47 Å². The fraction of sp³-hybridized carbons (Fsp3) is 1.00. The summed E-state index contributed by atoms with van der Waals surface area (Å²) in [6.45, 7) is 7.83. The number of hydrogen-bond donors (Lipinski definition) is 0. The number of ether oxygens (including phenoxy) is 2. The lowest BCUT2D eigenvalue weighted by atomic mass is 10.1. The van der Waals surface area contributed by atoms with Crippen molar-refractivity contribution in [3.8, 4) is 0 Å². The van der Waals surface area contributed by atoms with E-state index in [0.717, 1.165) is 19.6 Å². The maximum atomic E-state index is 5.67. The Labute approximate surface area is 62.5 Å². The van der Waals surface area contributed by atoms with Gasteiger partial charge in [-0.3, -0.25) is 0 Å². The third-order valence-corrected chi connectivity index (χ3v) is 1.70. The van der Waals surface area contributed by atoms with Crippen LogP contribution >= 0.6 is 0 Å². The van der Waals surface area contributed by atoms with Crippen molar-refractivity contribution in [2.75, 3.05) is 13.2 Å². The van der Waals surface area contributed by atoms with Gasteiger partial charge in [-0.1, -0.05) is 0 Å². The van der Waals surface area contributed by atoms with Crippen LogP contribution in [0.4, 0.5) is 0 Å². The summed E-state index contributed by atoms with van der Waals surface area (Å²) in [7, 11) is 0. The Morgan fingerprint density at radius 2 is 2.20 bits per heavy atom. The fourth-order valence-electron chi connectivity index (χ4n) is 1.31. The van der Waals surface area contributed by atoms with Gasteiger partial charge in [0.25, 0.3) is 0 Å². The maximum absolute atomic E-state index is 5.67. The highest BCUT2D eigenvalue weighted by molar-refractivity contribution is 4.79. The molecule has 0 radical (unpaired) electrons. The molecule has 2 heteroatoms. The van der Waals surface area contributed by atoms with E-state index in [0.29, 0.717) is 6.10 Å². The molecule has 2 nitrogen and oxygen atoms in total. The summed E-state index contributed by atoms with van der Waals surface area (Å²) in [5.41, 5.74) is -0.00579. The van der Waals surface area contributed by atoms with E-state index in [9.17, 15) is 0 Å². The van der Waals surface area contributed by atoms with Gasteiger partial charge in [-0.05, 0) is 20.8 Å². The zero-order valence-corrected chi connectivity index (χ0v) is 7.02. The van der Waals surface area contributed by atoms with Crippen LogP contribution in [0.5, 0.6) is 0 Å². The molecule has 1 atom stereocenters. The van der Waals surface area contributed by atoms with Gasteiger partial charge >= 0.3 is 0 Å². The molecule has 1 aliphatic rings. The maximum Gasteiger partial charge on any atom is 0.0912 e. The monoisotopic (exact) mass is 144 g/mol. The fourth-order valence-corrected chi connectivity index (χ4v) is 1.31. The highest BCUT2D eigenvalue weighted by Gasteiger charge is 2.31. The standard InChI is InChI=1S/C8H16O2/c1-7(2)10-8(3)4-5-9-6-8/h7H,4-6H2,1-3H3. The summed E-state index contributed by atoms with van der Waals surface area (Å²) in [4.78, 5) is 0. The van der Waals surface area contributed by atoms with Crippen LogP contribution in [0.1, 0.15) is 27.2 Å². The first-order chi connectivity index (χ1) is 4.62. The summed E-state index contributed by atoms with van der Waals surface area (Å²) in [5.74, 6) is 0. The Balaban J connectivity index is 2.36. The molecule has 0 aromatic carbocycles. The Hall–Kier alpha value is -0.0800. The van der Waals surface area contributed by atoms with E-state index in [4.69, 9.17) is 9.47 Å². The van der Waals surface area contributed by atoms with Gasteiger partial charge < -0.3 is 9.47 Å². The normalized spacial score (nSPS) is 33.6. The molecule has 0 aliphatic carbocycles. The topological polar surface area (TPSA) is 18.5 Å². The molecule has 0 N–H and O–H groups in total. The van der Waals surface area contributed by atoms with E-state index < -0.39 is 0 Å². The largest absolute Gasteiger partial charge is 0.378 e. The third-order valence-electron chi connectivity index (χ3n) is 1.70. The molecule has 0 amide bonds. The van der Waals surface area contributed by atoms with Crippen LogP contribution in [-0.4, -0.2) is 24.9 Å². The molecular formula is C8H16O2. The lowest BCUT2D eigenvalue weighted by Crippen LogP contribution is -2.31. The first-order valence-electron chi connectivity index (χ1n) is 3.88. The first-order valence-corrected chi connectivity index (χ1v) is 3.88. The zero-order chi connectivity index (χ0) is 7.61. The summed E-state index contributed by atoms with van der Waals surface area (Å²) >= 11 is 0. The molecule has 1 aliphatic heterocycles. The first kappa shape index (κ1) is 8.02. The van der Waals surface area contributed by atoms with Gasteiger partial charge in [-0.25, -0.2) is 0 Å². The average Bonchev–Trinajstić information content (AvgIpc) is 2.12. The summed E-state index contributed by atoms with van der Waals surface area (Å²) in [6.07, 6.45) is 1.34. The van der Waals surface area contributed by atoms with E-state index in [1.54, 1.807) is 0 Å². The van der Waals surface area contributed by atoms with Gasteiger partial charge in [-0.15, -0.1) is 0 Å². The summed E-state index contributed by atoms with van der Waals surface area (Å²) in [5, 5.41) is 0. The molecule has 0 aromatic heterocycles. The van der Waals surface area contributed by atoms with Crippen LogP contribution < -0.4 is 0 Å². The molecule has 0 bridgehead atoms. The highest BCUT2D eigenvalue weighted by Crippen LogP contribution is 2.23. The van der Waals surface area contributed by atoms with Crippen molar-refractivity contribution < 1.29 is 9.47 Å². The summed E-state index contributed by atoms with van der Waals surface area (Å²) < 4.78 is 10.9. The number of hydrogen-bond acceptors (Lipinski definition) is 2. The minimum absolute atomic E-state index is 0.00579. The van der Waals surface area contributed by atoms with Crippen molar-refractivity contribution in [2.24, 2.45) is 0 Å². The second-order valence-electron chi connectivity index (χ2n) is 3.42. The van der Waals surface area contributed by atoms with Gasteiger partial charge in [0.1, 0.15) is 0 Å². The predicted octanol–water partition coefficient (Wildman–Crippen LogP) is 1.59. The lowest BCUT2D eigenvalue weighted by Gasteiger charge is -2.25. The van der Waals surface area contributed by atoms with Gasteiger partial charge in [0, 0.05) is 13.0 Å². The molecule has 0 spiro atoms. The molecule has 1 unspecified atom stereocenters. The average molecular weight is 144 g/mol. The van der Waals surface area contributed by atoms with E-state index in [1.807, 2.05) is 0 Å². The van der Waals surface area contributed by atoms with Gasteiger partial charge in [0.05, 0.1) is 18.3 Å². The molecule has 10 heavy (non-hydrogen) atoms. The van der Waals surface area contributed by atoms with Crippen LogP contribution in [0.2, 0.25) is 0 Å². The predicted molar refractivity (Wildman–Crippen MR) is 40.1 cm³/mol. The Kier molecular flexibility index (Phi) is 2.32. The van der Waals surface area contributed by atoms with Crippen LogP contribution in [0, 0.1) is 0 Å². The summed E-state index contributed by atoms with van der Waals surface area (Å²) in [6, 6.07) is 0. The molecule has 0 saturated carbocycles. The third kappa shape index (κ3) is 1.96. The Bertz CT molecular complexity index is 104. The van der Waals surface area contributed by atoms with E-state index in [-0.39, 0.29) is 5.60 Å². The quantitative estimate of drug-likeness (QED) is 0.586. The van der Waals surface area contributed by atoms with E-state index >= 15 is 0 Å². The molecule has 1 saturated heterocycles. The lowest BCUT2D eigenvalue weighted by molar-refractivity contribution is -0.0694. The van der Waals surface area contributed by atoms with Gasteiger partial charge in [0.15, 0.2) is 0 Å². The molecule has 1 heterocycles. The minimum Gasteiger partial charge on any atom is -0.378 e. The Morgan fingerprint density at radius 3 is 2.60 bits per heavy atom. The molecule has 1 rings (SSSR count). The molecule has 60 valence electrons. The smallest absolute Gasteiger partial charge is 0.0912 e. The van der Waals surface area contributed by atoms with Crippen molar-refractivity contribution in [3.63, 3.8) is 0 Å². The van der Waals surface area contributed by atoms with Crippen molar-refractivity contribution in [2.45, 2.75) is 38.9 Å². The second kappa shape index (κ2) is 2.89. The van der Waals surface area contributed by atoms with Crippen molar-refractivity contribution in [3.05, 3.63) is 0 Å². The minimum atomic E-state index is -0.00579. The van der Waals surface area contributed by atoms with Crippen LogP contribution in [0.25, 0.3) is 0 Å². The highest BCUT2D eigenvalue weighted by atomic mass is 16.6. The van der Waals surface area contributed by atoms with Gasteiger partial charge in [0.2, 0.25) is 0 Å². The zero-order valence-electron chi connectivity index (χ0n) is 7.02. The van der Waals surface area contributed by atoms with E-state index in [1.165, 1.54) is 0 Å². The van der Waals surface area contributed by atoms with Gasteiger partial charge in [-0.2, -0.15) is 0 Å². The van der Waals surface area contributed by atoms with Crippen molar-refractivity contribution in [1.82, 2.24) is 0 Å². The van der Waals surface area contributed by atoms with E-state index in [2.05, 4.69) is 20.8 Å². The van der Waals surface area contributed by atoms with Crippen LogP contribution in [0.15, 0.2) is 0 Å². The number of rotatable bonds is 2. The second-order valence-corrected chi connectivity index (χ2v) is 3.42. The van der Waals surface area contributed by atoms with Crippen molar-refractivity contribution >= 4 is 0 Å². The Morgan fingerprint density at radius 1 is 1.50 bits per heavy atom. The van der Waals surface area contributed by atoms with Crippen LogP contribution in [0.3, 0.4) is 0 Å². The SMILES string of the molecule is CC(C)OC1(C)CCOC1.